The van der Waals surface area contributed by atoms with E-state index < -0.39 is 29.2 Å². The van der Waals surface area contributed by atoms with Gasteiger partial charge in [-0.1, -0.05) is 12.1 Å². The number of carbonyl (C=O) groups is 1. The standard InChI is InChI=1S/C19H17F4N5O3/c1-30-16-8-7-15(26-27-16)28-17(19(21,22)23)12(11-25-28)18(29)24-9-4-10-31-14-6-3-2-5-13(14)20/h2-3,5-8,11H,4,9-10H2,1H3,(H,24,29). The summed E-state index contributed by atoms with van der Waals surface area (Å²) in [7, 11) is 1.34. The fraction of sp³-hybridized carbons (Fsp3) is 0.263. The Hall–Kier alpha value is -3.70. The lowest BCUT2D eigenvalue weighted by atomic mass is 10.2. The van der Waals surface area contributed by atoms with Crippen LogP contribution in [0.5, 0.6) is 11.6 Å². The third-order valence-electron chi connectivity index (χ3n) is 4.04. The number of ether oxygens (including phenoxy) is 2. The molecule has 8 nitrogen and oxygen atoms in total. The quantitative estimate of drug-likeness (QED) is 0.429. The number of aromatic nitrogens is 4. The molecule has 0 fully saturated rings. The minimum atomic E-state index is -4.88. The van der Waals surface area contributed by atoms with Crippen molar-refractivity contribution in [3.8, 4) is 17.4 Å². The number of hydrogen-bond donors (Lipinski definition) is 1. The molecule has 0 unspecified atom stereocenters. The summed E-state index contributed by atoms with van der Waals surface area (Å²) in [6.45, 7) is 0.0755. The SMILES string of the molecule is COc1ccc(-n2ncc(C(=O)NCCCOc3ccccc3F)c2C(F)(F)F)nn1. The summed E-state index contributed by atoms with van der Waals surface area (Å²) >= 11 is 0. The zero-order valence-electron chi connectivity index (χ0n) is 16.2. The fourth-order valence-electron chi connectivity index (χ4n) is 2.61. The number of carbonyl (C=O) groups excluding carboxylic acids is 1. The minimum Gasteiger partial charge on any atom is -0.490 e. The number of nitrogens with zero attached hydrogens (tertiary/aromatic N) is 4. The molecule has 0 radical (unpaired) electrons. The van der Waals surface area contributed by atoms with Crippen LogP contribution in [0.25, 0.3) is 5.82 Å². The number of amides is 1. The number of alkyl halides is 3. The van der Waals surface area contributed by atoms with Crippen LogP contribution in [0.1, 0.15) is 22.5 Å². The third kappa shape index (κ3) is 5.27. The first-order valence-electron chi connectivity index (χ1n) is 9.00. The van der Waals surface area contributed by atoms with Crippen molar-refractivity contribution in [3.63, 3.8) is 0 Å². The van der Waals surface area contributed by atoms with Gasteiger partial charge in [-0.05, 0) is 24.6 Å². The van der Waals surface area contributed by atoms with E-state index in [1.807, 2.05) is 0 Å². The fourth-order valence-corrected chi connectivity index (χ4v) is 2.61. The van der Waals surface area contributed by atoms with Crippen molar-refractivity contribution in [1.29, 1.82) is 0 Å². The molecule has 0 aliphatic carbocycles. The molecule has 164 valence electrons. The van der Waals surface area contributed by atoms with Crippen molar-refractivity contribution in [2.75, 3.05) is 20.3 Å². The first-order chi connectivity index (χ1) is 14.8. The van der Waals surface area contributed by atoms with Gasteiger partial charge in [-0.15, -0.1) is 10.2 Å². The number of hydrogen-bond acceptors (Lipinski definition) is 6. The maximum Gasteiger partial charge on any atom is 0.434 e. The number of benzene rings is 1. The summed E-state index contributed by atoms with van der Waals surface area (Å²) in [5.41, 5.74) is -1.95. The Labute approximate surface area is 173 Å². The maximum atomic E-state index is 13.6. The van der Waals surface area contributed by atoms with E-state index in [1.54, 1.807) is 6.07 Å². The van der Waals surface area contributed by atoms with E-state index in [-0.39, 0.29) is 37.0 Å². The molecule has 0 spiro atoms. The lowest BCUT2D eigenvalue weighted by Crippen LogP contribution is -2.28. The predicted molar refractivity (Wildman–Crippen MR) is 99.6 cm³/mol. The van der Waals surface area contributed by atoms with Gasteiger partial charge in [-0.25, -0.2) is 9.07 Å². The first-order valence-corrected chi connectivity index (χ1v) is 9.00. The Bertz CT molecular complexity index is 1040. The summed E-state index contributed by atoms with van der Waals surface area (Å²) in [6.07, 6.45) is -3.82. The van der Waals surface area contributed by atoms with Crippen molar-refractivity contribution >= 4 is 5.91 Å². The van der Waals surface area contributed by atoms with Crippen molar-refractivity contribution in [2.24, 2.45) is 0 Å². The second-order valence-electron chi connectivity index (χ2n) is 6.14. The van der Waals surface area contributed by atoms with Gasteiger partial charge in [0.15, 0.2) is 23.1 Å². The molecule has 1 N–H and O–H groups in total. The van der Waals surface area contributed by atoms with Gasteiger partial charge in [0.1, 0.15) is 0 Å². The van der Waals surface area contributed by atoms with Crippen LogP contribution in [0.15, 0.2) is 42.6 Å². The van der Waals surface area contributed by atoms with E-state index in [9.17, 15) is 22.4 Å². The van der Waals surface area contributed by atoms with Crippen LogP contribution < -0.4 is 14.8 Å². The molecule has 0 saturated carbocycles. The highest BCUT2D eigenvalue weighted by molar-refractivity contribution is 5.95. The average Bonchev–Trinajstić information content (AvgIpc) is 3.21. The molecule has 0 aliphatic heterocycles. The topological polar surface area (TPSA) is 91.2 Å². The van der Waals surface area contributed by atoms with Gasteiger partial charge in [-0.3, -0.25) is 4.79 Å². The maximum absolute atomic E-state index is 13.6. The third-order valence-corrected chi connectivity index (χ3v) is 4.04. The lowest BCUT2D eigenvalue weighted by Gasteiger charge is -2.12. The van der Waals surface area contributed by atoms with Gasteiger partial charge in [-0.2, -0.15) is 18.3 Å². The largest absolute Gasteiger partial charge is 0.490 e. The Kier molecular flexibility index (Phi) is 6.68. The molecule has 3 rings (SSSR count). The highest BCUT2D eigenvalue weighted by atomic mass is 19.4. The molecule has 12 heteroatoms. The van der Waals surface area contributed by atoms with E-state index >= 15 is 0 Å². The Morgan fingerprint density at radius 3 is 2.58 bits per heavy atom. The van der Waals surface area contributed by atoms with Crippen LogP contribution in [0, 0.1) is 5.82 Å². The van der Waals surface area contributed by atoms with E-state index in [0.717, 1.165) is 6.20 Å². The summed E-state index contributed by atoms with van der Waals surface area (Å²) in [5.74, 6) is -1.57. The molecular formula is C19H17F4N5O3. The normalized spacial score (nSPS) is 11.3. The van der Waals surface area contributed by atoms with Crippen LogP contribution in [0.3, 0.4) is 0 Å². The minimum absolute atomic E-state index is 0.0120. The van der Waals surface area contributed by atoms with Crippen LogP contribution in [-0.2, 0) is 6.18 Å². The van der Waals surface area contributed by atoms with Crippen LogP contribution in [0.2, 0.25) is 0 Å². The molecule has 0 aliphatic rings. The zero-order chi connectivity index (χ0) is 22.4. The van der Waals surface area contributed by atoms with Crippen molar-refractivity contribution < 1.29 is 31.8 Å². The monoisotopic (exact) mass is 439 g/mol. The van der Waals surface area contributed by atoms with Gasteiger partial charge >= 0.3 is 6.18 Å². The Balaban J connectivity index is 1.66. The summed E-state index contributed by atoms with van der Waals surface area (Å²) < 4.78 is 64.9. The second kappa shape index (κ2) is 9.41. The number of para-hydroxylation sites is 1. The summed E-state index contributed by atoms with van der Waals surface area (Å²) in [4.78, 5) is 12.3. The lowest BCUT2D eigenvalue weighted by molar-refractivity contribution is -0.143. The molecule has 2 heterocycles. The van der Waals surface area contributed by atoms with Crippen molar-refractivity contribution in [2.45, 2.75) is 12.6 Å². The van der Waals surface area contributed by atoms with Gasteiger partial charge < -0.3 is 14.8 Å². The first kappa shape index (κ1) is 22.0. The molecule has 31 heavy (non-hydrogen) atoms. The highest BCUT2D eigenvalue weighted by Crippen LogP contribution is 2.33. The number of methoxy groups -OCH3 is 1. The van der Waals surface area contributed by atoms with Gasteiger partial charge in [0.2, 0.25) is 5.88 Å². The van der Waals surface area contributed by atoms with E-state index in [0.29, 0.717) is 4.68 Å². The number of rotatable bonds is 8. The molecular weight excluding hydrogens is 422 g/mol. The Morgan fingerprint density at radius 2 is 1.94 bits per heavy atom. The highest BCUT2D eigenvalue weighted by Gasteiger charge is 2.40. The molecule has 3 aromatic rings. The second-order valence-corrected chi connectivity index (χ2v) is 6.14. The predicted octanol–water partition coefficient (Wildman–Crippen LogP) is 3.03. The number of nitrogens with one attached hydrogen (secondary N) is 1. The van der Waals surface area contributed by atoms with E-state index in [2.05, 4.69) is 20.6 Å². The van der Waals surface area contributed by atoms with E-state index in [4.69, 9.17) is 9.47 Å². The molecule has 1 amide bonds. The van der Waals surface area contributed by atoms with E-state index in [1.165, 1.54) is 37.4 Å². The average molecular weight is 439 g/mol. The summed E-state index contributed by atoms with van der Waals surface area (Å²) in [6, 6.07) is 8.35. The van der Waals surface area contributed by atoms with Gasteiger partial charge in [0.25, 0.3) is 5.91 Å². The van der Waals surface area contributed by atoms with Crippen LogP contribution in [0.4, 0.5) is 17.6 Å². The Morgan fingerprint density at radius 1 is 1.16 bits per heavy atom. The van der Waals surface area contributed by atoms with Crippen molar-refractivity contribution in [3.05, 3.63) is 59.7 Å². The smallest absolute Gasteiger partial charge is 0.434 e. The number of halogens is 4. The van der Waals surface area contributed by atoms with Crippen LogP contribution >= 0.6 is 0 Å². The molecule has 2 aromatic heterocycles. The van der Waals surface area contributed by atoms with Gasteiger partial charge in [0, 0.05) is 12.6 Å². The molecule has 0 bridgehead atoms. The summed E-state index contributed by atoms with van der Waals surface area (Å²) in [5, 5.41) is 13.3. The molecule has 0 saturated heterocycles. The van der Waals surface area contributed by atoms with Gasteiger partial charge in [0.05, 0.1) is 25.5 Å². The molecule has 0 atom stereocenters. The zero-order valence-corrected chi connectivity index (χ0v) is 16.2. The van der Waals surface area contributed by atoms with Crippen molar-refractivity contribution in [1.82, 2.24) is 25.3 Å². The van der Waals surface area contributed by atoms with Crippen LogP contribution in [-0.4, -0.2) is 46.1 Å². The molecule has 1 aromatic carbocycles.